The van der Waals surface area contributed by atoms with E-state index in [4.69, 9.17) is 0 Å². The second-order valence-corrected chi connectivity index (χ2v) is 4.62. The van der Waals surface area contributed by atoms with Crippen LogP contribution in [0.15, 0.2) is 21.9 Å². The average molecular weight is 266 g/mol. The van der Waals surface area contributed by atoms with Crippen molar-refractivity contribution in [2.75, 3.05) is 26.2 Å². The van der Waals surface area contributed by atoms with Crippen molar-refractivity contribution in [2.45, 2.75) is 13.0 Å². The molecule has 1 N–H and O–H groups in total. The molecule has 1 fully saturated rings. The van der Waals surface area contributed by atoms with Gasteiger partial charge in [-0.3, -0.25) is 14.2 Å². The first kappa shape index (κ1) is 13.5. The molecule has 104 valence electrons. The number of rotatable bonds is 2. The zero-order valence-corrected chi connectivity index (χ0v) is 11.0. The Balaban J connectivity index is 2.17. The molecule has 1 aromatic heterocycles. The molecule has 0 unspecified atom stereocenters. The number of aromatic nitrogens is 2. The lowest BCUT2D eigenvalue weighted by Gasteiger charge is -2.20. The van der Waals surface area contributed by atoms with Crippen LogP contribution in [0.3, 0.4) is 0 Å². The van der Waals surface area contributed by atoms with Gasteiger partial charge in [-0.05, 0) is 13.0 Å². The van der Waals surface area contributed by atoms with Gasteiger partial charge in [-0.1, -0.05) is 0 Å². The van der Waals surface area contributed by atoms with Crippen LogP contribution in [0.4, 0.5) is 0 Å². The summed E-state index contributed by atoms with van der Waals surface area (Å²) in [7, 11) is 1.55. The van der Waals surface area contributed by atoms with Crippen LogP contribution in [0.5, 0.6) is 0 Å². The van der Waals surface area contributed by atoms with E-state index in [1.165, 1.54) is 16.8 Å². The Labute approximate surface area is 110 Å². The summed E-state index contributed by atoms with van der Waals surface area (Å²) in [4.78, 5) is 37.3. The van der Waals surface area contributed by atoms with E-state index in [9.17, 15) is 14.4 Å². The van der Waals surface area contributed by atoms with E-state index in [0.29, 0.717) is 13.1 Å². The molecule has 7 heteroatoms. The van der Waals surface area contributed by atoms with Crippen molar-refractivity contribution in [2.24, 2.45) is 7.05 Å². The van der Waals surface area contributed by atoms with Crippen molar-refractivity contribution in [3.63, 3.8) is 0 Å². The fourth-order valence-corrected chi connectivity index (χ4v) is 2.09. The molecule has 1 saturated heterocycles. The second-order valence-electron chi connectivity index (χ2n) is 4.62. The Morgan fingerprint density at radius 1 is 1.32 bits per heavy atom. The van der Waals surface area contributed by atoms with Crippen LogP contribution in [-0.4, -0.2) is 46.1 Å². The minimum atomic E-state index is -0.464. The molecule has 1 aromatic rings. The van der Waals surface area contributed by atoms with Gasteiger partial charge in [0.15, 0.2) is 0 Å². The number of carbonyl (C=O) groups is 1. The lowest BCUT2D eigenvalue weighted by molar-refractivity contribution is -0.131. The van der Waals surface area contributed by atoms with E-state index in [0.717, 1.165) is 24.1 Å². The maximum atomic E-state index is 12.1. The van der Waals surface area contributed by atoms with E-state index in [1.54, 1.807) is 11.9 Å². The Morgan fingerprint density at radius 3 is 2.89 bits per heavy atom. The van der Waals surface area contributed by atoms with Gasteiger partial charge in [0, 0.05) is 38.9 Å². The van der Waals surface area contributed by atoms with Gasteiger partial charge in [0.25, 0.3) is 5.56 Å². The summed E-state index contributed by atoms with van der Waals surface area (Å²) in [5.41, 5.74) is -0.904. The van der Waals surface area contributed by atoms with Gasteiger partial charge in [0.1, 0.15) is 6.54 Å². The molecule has 1 aliphatic heterocycles. The number of aryl methyl sites for hydroxylation is 1. The normalized spacial score (nSPS) is 16.2. The minimum absolute atomic E-state index is 0.186. The lowest BCUT2D eigenvalue weighted by Crippen LogP contribution is -2.44. The molecule has 0 spiro atoms. The summed E-state index contributed by atoms with van der Waals surface area (Å²) in [5, 5.41) is 3.20. The van der Waals surface area contributed by atoms with Gasteiger partial charge >= 0.3 is 5.69 Å². The van der Waals surface area contributed by atoms with Crippen LogP contribution in [0.25, 0.3) is 0 Å². The fourth-order valence-electron chi connectivity index (χ4n) is 2.09. The third-order valence-corrected chi connectivity index (χ3v) is 3.23. The quantitative estimate of drug-likeness (QED) is 0.697. The monoisotopic (exact) mass is 266 g/mol. The highest BCUT2D eigenvalue weighted by Crippen LogP contribution is 1.97. The summed E-state index contributed by atoms with van der Waals surface area (Å²) in [5.74, 6) is -0.186. The molecule has 1 amide bonds. The molecule has 0 aliphatic carbocycles. The average Bonchev–Trinajstić information content (AvgIpc) is 2.68. The zero-order chi connectivity index (χ0) is 13.8. The first-order valence-electron chi connectivity index (χ1n) is 6.34. The first-order chi connectivity index (χ1) is 9.09. The van der Waals surface area contributed by atoms with Gasteiger partial charge in [-0.15, -0.1) is 0 Å². The molecule has 2 heterocycles. The largest absolute Gasteiger partial charge is 0.340 e. The molecule has 0 aromatic carbocycles. The highest BCUT2D eigenvalue weighted by Gasteiger charge is 2.17. The maximum absolute atomic E-state index is 12.1. The summed E-state index contributed by atoms with van der Waals surface area (Å²) >= 11 is 0. The summed E-state index contributed by atoms with van der Waals surface area (Å²) < 4.78 is 2.26. The predicted octanol–water partition coefficient (Wildman–Crippen LogP) is -1.63. The van der Waals surface area contributed by atoms with Gasteiger partial charge < -0.3 is 14.8 Å². The van der Waals surface area contributed by atoms with Crippen molar-refractivity contribution in [1.29, 1.82) is 0 Å². The number of nitrogens with one attached hydrogen (secondary N) is 1. The van der Waals surface area contributed by atoms with E-state index < -0.39 is 11.2 Å². The molecule has 0 saturated carbocycles. The van der Waals surface area contributed by atoms with Gasteiger partial charge in [-0.2, -0.15) is 0 Å². The molecule has 2 rings (SSSR count). The second kappa shape index (κ2) is 5.83. The highest BCUT2D eigenvalue weighted by atomic mass is 16.2. The van der Waals surface area contributed by atoms with Crippen LogP contribution in [0, 0.1) is 0 Å². The third kappa shape index (κ3) is 3.11. The fraction of sp³-hybridized carbons (Fsp3) is 0.583. The molecule has 0 radical (unpaired) electrons. The highest BCUT2D eigenvalue weighted by molar-refractivity contribution is 5.76. The summed E-state index contributed by atoms with van der Waals surface area (Å²) in [6, 6.07) is 1.29. The van der Waals surface area contributed by atoms with Crippen molar-refractivity contribution >= 4 is 5.91 Å². The van der Waals surface area contributed by atoms with Crippen molar-refractivity contribution < 1.29 is 4.79 Å². The van der Waals surface area contributed by atoms with Gasteiger partial charge in [-0.25, -0.2) is 4.79 Å². The van der Waals surface area contributed by atoms with Crippen LogP contribution >= 0.6 is 0 Å². The molecular weight excluding hydrogens is 248 g/mol. The summed E-state index contributed by atoms with van der Waals surface area (Å²) in [6.45, 7) is 2.71. The van der Waals surface area contributed by atoms with Crippen molar-refractivity contribution in [3.8, 4) is 0 Å². The number of hydrogen-bond acceptors (Lipinski definition) is 4. The standard InChI is InChI=1S/C12H18N4O3/c1-14-7-3-10(17)16(12(14)19)9-11(18)15-6-2-4-13-5-8-15/h3,7,13H,2,4-6,8-9H2,1H3. The number of amides is 1. The molecule has 1 aliphatic rings. The molecule has 0 atom stereocenters. The first-order valence-corrected chi connectivity index (χ1v) is 6.34. The Bertz CT molecular complexity index is 567. The zero-order valence-electron chi connectivity index (χ0n) is 11.0. The Morgan fingerprint density at radius 2 is 2.11 bits per heavy atom. The molecule has 7 nitrogen and oxygen atoms in total. The van der Waals surface area contributed by atoms with Crippen molar-refractivity contribution in [1.82, 2.24) is 19.4 Å². The van der Waals surface area contributed by atoms with Gasteiger partial charge in [0.05, 0.1) is 0 Å². The number of nitrogens with zero attached hydrogens (tertiary/aromatic N) is 3. The van der Waals surface area contributed by atoms with Crippen LogP contribution < -0.4 is 16.6 Å². The van der Waals surface area contributed by atoms with E-state index in [1.807, 2.05) is 0 Å². The summed E-state index contributed by atoms with van der Waals surface area (Å²) in [6.07, 6.45) is 2.29. The molecular formula is C12H18N4O3. The third-order valence-electron chi connectivity index (χ3n) is 3.23. The molecule has 0 bridgehead atoms. The molecule has 19 heavy (non-hydrogen) atoms. The Hall–Kier alpha value is -1.89. The predicted molar refractivity (Wildman–Crippen MR) is 70.0 cm³/mol. The minimum Gasteiger partial charge on any atom is -0.340 e. The van der Waals surface area contributed by atoms with Crippen molar-refractivity contribution in [3.05, 3.63) is 33.1 Å². The Kier molecular flexibility index (Phi) is 4.16. The van der Waals surface area contributed by atoms with Crippen LogP contribution in [-0.2, 0) is 18.4 Å². The van der Waals surface area contributed by atoms with Crippen LogP contribution in [0.1, 0.15) is 6.42 Å². The van der Waals surface area contributed by atoms with E-state index in [-0.39, 0.29) is 12.5 Å². The number of hydrogen-bond donors (Lipinski definition) is 1. The van der Waals surface area contributed by atoms with E-state index >= 15 is 0 Å². The maximum Gasteiger partial charge on any atom is 0.331 e. The number of carbonyl (C=O) groups excluding carboxylic acids is 1. The van der Waals surface area contributed by atoms with Gasteiger partial charge in [0.2, 0.25) is 5.91 Å². The van der Waals surface area contributed by atoms with E-state index in [2.05, 4.69) is 5.32 Å². The van der Waals surface area contributed by atoms with Crippen LogP contribution in [0.2, 0.25) is 0 Å². The SMILES string of the molecule is Cn1ccc(=O)n(CC(=O)N2CCCNCC2)c1=O. The smallest absolute Gasteiger partial charge is 0.331 e. The lowest BCUT2D eigenvalue weighted by atomic mass is 10.3. The topological polar surface area (TPSA) is 76.3 Å².